The Labute approximate surface area is 374 Å². The van der Waals surface area contributed by atoms with Crippen LogP contribution in [0.4, 0.5) is 0 Å². The maximum atomic E-state index is 9.70. The van der Waals surface area contributed by atoms with Gasteiger partial charge in [0, 0.05) is 11.3 Å². The number of imidazole rings is 1. The lowest BCUT2D eigenvalue weighted by Crippen LogP contribution is -1.97. The molecule has 65 heavy (non-hydrogen) atoms. The summed E-state index contributed by atoms with van der Waals surface area (Å²) in [4.78, 5) is 5.07. The number of nitriles is 2. The van der Waals surface area contributed by atoms with Gasteiger partial charge in [-0.3, -0.25) is 4.57 Å². The second-order valence-corrected chi connectivity index (χ2v) is 16.9. The molecule has 13 rings (SSSR count). The standard InChI is InChI=1S/C61H34N4/c62-35-37-17-21-40(22-18-37)50-31-56-52(46-12-5-4-11-45(46)50)32-51(41-23-19-38(36-63)20-24-41)55-33-53-48-14-8-13-47-44(29-30-49(60(47)48)54(53)34-57(55)56)39-25-27-43(28-26-39)65-59-16-7-6-15-58(59)64-61(65)42-9-2-1-3-10-42/h1-34H. The van der Waals surface area contributed by atoms with E-state index in [0.29, 0.717) is 11.1 Å². The first-order valence-electron chi connectivity index (χ1n) is 21.8. The minimum Gasteiger partial charge on any atom is -0.292 e. The van der Waals surface area contributed by atoms with E-state index in [2.05, 4.69) is 187 Å². The third-order valence-corrected chi connectivity index (χ3v) is 13.4. The molecule has 0 spiro atoms. The fourth-order valence-electron chi connectivity index (χ4n) is 10.4. The highest BCUT2D eigenvalue weighted by Crippen LogP contribution is 2.53. The number of para-hydroxylation sites is 2. The van der Waals surface area contributed by atoms with E-state index in [9.17, 15) is 10.5 Å². The van der Waals surface area contributed by atoms with E-state index in [0.717, 1.165) is 66.7 Å². The van der Waals surface area contributed by atoms with Crippen LogP contribution in [0.2, 0.25) is 0 Å². The molecule has 1 aromatic heterocycles. The van der Waals surface area contributed by atoms with Crippen molar-refractivity contribution in [3.8, 4) is 84.8 Å². The van der Waals surface area contributed by atoms with Crippen LogP contribution in [0.25, 0.3) is 127 Å². The summed E-state index contributed by atoms with van der Waals surface area (Å²) in [5.74, 6) is 0.920. The van der Waals surface area contributed by atoms with Crippen molar-refractivity contribution < 1.29 is 0 Å². The average molecular weight is 823 g/mol. The van der Waals surface area contributed by atoms with Gasteiger partial charge in [0.2, 0.25) is 0 Å². The highest BCUT2D eigenvalue weighted by molar-refractivity contribution is 6.27. The Morgan fingerprint density at radius 2 is 0.846 bits per heavy atom. The molecule has 0 amide bonds. The Hall–Kier alpha value is -9.09. The van der Waals surface area contributed by atoms with Crippen LogP contribution in [0.3, 0.4) is 0 Å². The molecular formula is C61H34N4. The Bertz CT molecular complexity index is 4030. The van der Waals surface area contributed by atoms with Gasteiger partial charge in [0.1, 0.15) is 5.82 Å². The molecule has 0 bridgehead atoms. The monoisotopic (exact) mass is 822 g/mol. The topological polar surface area (TPSA) is 65.4 Å². The van der Waals surface area contributed by atoms with Gasteiger partial charge >= 0.3 is 0 Å². The summed E-state index contributed by atoms with van der Waals surface area (Å²) in [6, 6.07) is 77.6. The molecule has 12 aromatic rings. The van der Waals surface area contributed by atoms with E-state index in [1.54, 1.807) is 0 Å². The molecule has 4 heteroatoms. The minimum atomic E-state index is 0.636. The summed E-state index contributed by atoms with van der Waals surface area (Å²) < 4.78 is 2.26. The number of hydrogen-bond donors (Lipinski definition) is 0. The van der Waals surface area contributed by atoms with Gasteiger partial charge < -0.3 is 0 Å². The van der Waals surface area contributed by atoms with Crippen molar-refractivity contribution in [1.29, 1.82) is 10.5 Å². The molecule has 298 valence electrons. The Balaban J connectivity index is 1.01. The Kier molecular flexibility index (Phi) is 8.00. The summed E-state index contributed by atoms with van der Waals surface area (Å²) in [5, 5.41) is 28.8. The molecule has 11 aromatic carbocycles. The highest BCUT2D eigenvalue weighted by Gasteiger charge is 2.26. The molecule has 4 nitrogen and oxygen atoms in total. The first kappa shape index (κ1) is 36.6. The van der Waals surface area contributed by atoms with Crippen molar-refractivity contribution in [3.05, 3.63) is 217 Å². The van der Waals surface area contributed by atoms with Crippen molar-refractivity contribution in [2.45, 2.75) is 0 Å². The van der Waals surface area contributed by atoms with Crippen molar-refractivity contribution >= 4 is 54.1 Å². The van der Waals surface area contributed by atoms with E-state index in [1.165, 1.54) is 60.1 Å². The van der Waals surface area contributed by atoms with Gasteiger partial charge in [-0.1, -0.05) is 133 Å². The molecule has 0 saturated carbocycles. The third-order valence-electron chi connectivity index (χ3n) is 13.4. The van der Waals surface area contributed by atoms with Crippen molar-refractivity contribution in [1.82, 2.24) is 9.55 Å². The van der Waals surface area contributed by atoms with Crippen LogP contribution >= 0.6 is 0 Å². The van der Waals surface area contributed by atoms with Crippen LogP contribution in [0.15, 0.2) is 206 Å². The van der Waals surface area contributed by atoms with Crippen LogP contribution in [0.1, 0.15) is 11.1 Å². The smallest absolute Gasteiger partial charge is 0.145 e. The van der Waals surface area contributed by atoms with Crippen LogP contribution in [0.5, 0.6) is 0 Å². The molecule has 0 unspecified atom stereocenters. The van der Waals surface area contributed by atoms with Crippen molar-refractivity contribution in [2.24, 2.45) is 0 Å². The molecule has 1 heterocycles. The molecule has 0 aliphatic heterocycles. The average Bonchev–Trinajstić information content (AvgIpc) is 3.92. The summed E-state index contributed by atoms with van der Waals surface area (Å²) in [7, 11) is 0. The number of rotatable bonds is 5. The zero-order chi connectivity index (χ0) is 43.2. The molecule has 0 atom stereocenters. The predicted octanol–water partition coefficient (Wildman–Crippen LogP) is 15.7. The third kappa shape index (κ3) is 5.58. The van der Waals surface area contributed by atoms with Gasteiger partial charge in [0.25, 0.3) is 0 Å². The maximum absolute atomic E-state index is 9.70. The molecule has 1 aliphatic carbocycles. The fourth-order valence-corrected chi connectivity index (χ4v) is 10.4. The van der Waals surface area contributed by atoms with E-state index in [-0.39, 0.29) is 0 Å². The number of aromatic nitrogens is 2. The predicted molar refractivity (Wildman–Crippen MR) is 267 cm³/mol. The quantitative estimate of drug-likeness (QED) is 0.162. The molecule has 0 fully saturated rings. The molecule has 0 saturated heterocycles. The van der Waals surface area contributed by atoms with Crippen molar-refractivity contribution in [3.63, 3.8) is 0 Å². The summed E-state index contributed by atoms with van der Waals surface area (Å²) in [5.41, 5.74) is 17.1. The van der Waals surface area contributed by atoms with Gasteiger partial charge in [-0.2, -0.15) is 10.5 Å². The van der Waals surface area contributed by atoms with E-state index in [4.69, 9.17) is 4.98 Å². The maximum Gasteiger partial charge on any atom is 0.145 e. The number of benzene rings is 11. The number of hydrogen-bond acceptors (Lipinski definition) is 3. The molecule has 1 aliphatic rings. The van der Waals surface area contributed by atoms with Crippen LogP contribution in [-0.2, 0) is 0 Å². The highest BCUT2D eigenvalue weighted by atomic mass is 15.1. The van der Waals surface area contributed by atoms with Gasteiger partial charge in [0.05, 0.1) is 34.3 Å². The number of fused-ring (bicyclic) bond motifs is 9. The SMILES string of the molecule is N#Cc1ccc(-c2cc3c4cc5c(cc4c(-c4ccc(C#N)cc4)cc3c3ccccc23)-c2cccc3c(-c4ccc(-n6c(-c7ccccc7)nc7ccccc76)cc4)ccc-5c23)cc1. The van der Waals surface area contributed by atoms with Gasteiger partial charge in [-0.05, 0) is 172 Å². The zero-order valence-electron chi connectivity index (χ0n) is 34.9. The van der Waals surface area contributed by atoms with E-state index >= 15 is 0 Å². The lowest BCUT2D eigenvalue weighted by Gasteiger charge is -2.17. The molecular weight excluding hydrogens is 789 g/mol. The fraction of sp³-hybridized carbons (Fsp3) is 0. The van der Waals surface area contributed by atoms with Crippen molar-refractivity contribution in [2.75, 3.05) is 0 Å². The van der Waals surface area contributed by atoms with E-state index in [1.807, 2.05) is 36.4 Å². The summed E-state index contributed by atoms with van der Waals surface area (Å²) >= 11 is 0. The Morgan fingerprint density at radius 3 is 1.55 bits per heavy atom. The second-order valence-electron chi connectivity index (χ2n) is 16.9. The van der Waals surface area contributed by atoms with Gasteiger partial charge in [-0.15, -0.1) is 0 Å². The van der Waals surface area contributed by atoms with Crippen LogP contribution < -0.4 is 0 Å². The lowest BCUT2D eigenvalue weighted by atomic mass is 9.86. The largest absolute Gasteiger partial charge is 0.292 e. The van der Waals surface area contributed by atoms with Gasteiger partial charge in [-0.25, -0.2) is 4.98 Å². The lowest BCUT2D eigenvalue weighted by molar-refractivity contribution is 1.10. The zero-order valence-corrected chi connectivity index (χ0v) is 34.9. The van der Waals surface area contributed by atoms with E-state index < -0.39 is 0 Å². The summed E-state index contributed by atoms with van der Waals surface area (Å²) in [6.45, 7) is 0. The summed E-state index contributed by atoms with van der Waals surface area (Å²) in [6.07, 6.45) is 0. The number of nitrogens with zero attached hydrogens (tertiary/aromatic N) is 4. The molecule has 0 N–H and O–H groups in total. The Morgan fingerprint density at radius 1 is 0.338 bits per heavy atom. The minimum absolute atomic E-state index is 0.636. The molecule has 0 radical (unpaired) electrons. The van der Waals surface area contributed by atoms with Gasteiger partial charge in [0.15, 0.2) is 0 Å². The first-order chi connectivity index (χ1) is 32.1. The second kappa shape index (κ2) is 14.2. The van der Waals surface area contributed by atoms with Crippen LogP contribution in [0, 0.1) is 22.7 Å². The first-order valence-corrected chi connectivity index (χ1v) is 21.8. The normalized spacial score (nSPS) is 11.7. The van der Waals surface area contributed by atoms with Crippen LogP contribution in [-0.4, -0.2) is 9.55 Å².